The number of carboxylic acids is 1. The van der Waals surface area contributed by atoms with Crippen LogP contribution in [0, 0.1) is 11.3 Å². The van der Waals surface area contributed by atoms with E-state index in [1.807, 2.05) is 0 Å². The molecule has 0 bridgehead atoms. The fourth-order valence-corrected chi connectivity index (χ4v) is 2.94. The third kappa shape index (κ3) is 5.56. The van der Waals surface area contributed by atoms with Crippen LogP contribution in [0.4, 0.5) is 4.79 Å². The highest BCUT2D eigenvalue weighted by Gasteiger charge is 2.42. The number of hydrogen-bond donors (Lipinski definition) is 1. The van der Waals surface area contributed by atoms with Crippen LogP contribution in [0.15, 0.2) is 0 Å². The summed E-state index contributed by atoms with van der Waals surface area (Å²) in [5, 5.41) is 9.57. The third-order valence-electron chi connectivity index (χ3n) is 3.51. The van der Waals surface area contributed by atoms with E-state index in [1.54, 1.807) is 20.8 Å². The van der Waals surface area contributed by atoms with Gasteiger partial charge in [-0.15, -0.1) is 0 Å². The summed E-state index contributed by atoms with van der Waals surface area (Å²) < 4.78 is 5.36. The van der Waals surface area contributed by atoms with E-state index >= 15 is 0 Å². The summed E-state index contributed by atoms with van der Waals surface area (Å²) in [6, 6.07) is -0.784. The largest absolute Gasteiger partial charge is 0.480 e. The Morgan fingerprint density at radius 2 is 1.76 bits per heavy atom. The van der Waals surface area contributed by atoms with Gasteiger partial charge in [0.2, 0.25) is 0 Å². The number of nitrogens with zero attached hydrogens (tertiary/aromatic N) is 1. The lowest BCUT2D eigenvalue weighted by molar-refractivity contribution is -0.147. The van der Waals surface area contributed by atoms with Gasteiger partial charge in [0.25, 0.3) is 0 Å². The Morgan fingerprint density at radius 3 is 2.19 bits per heavy atom. The predicted molar refractivity (Wildman–Crippen MR) is 81.2 cm³/mol. The van der Waals surface area contributed by atoms with Gasteiger partial charge in [0, 0.05) is 6.54 Å². The predicted octanol–water partition coefficient (Wildman–Crippen LogP) is 3.52. The van der Waals surface area contributed by atoms with Gasteiger partial charge in [-0.25, -0.2) is 9.59 Å². The molecule has 0 aliphatic carbocycles. The van der Waals surface area contributed by atoms with Crippen molar-refractivity contribution >= 4 is 12.1 Å². The Labute approximate surface area is 127 Å². The molecule has 21 heavy (non-hydrogen) atoms. The van der Waals surface area contributed by atoms with Gasteiger partial charge < -0.3 is 9.84 Å². The first kappa shape index (κ1) is 17.8. The molecule has 0 aromatic carbocycles. The summed E-state index contributed by atoms with van der Waals surface area (Å²) in [6.45, 7) is 12.1. The van der Waals surface area contributed by atoms with Crippen molar-refractivity contribution in [2.45, 2.75) is 72.4 Å². The SMILES string of the molecule is CC(C)(C)C[C@H]1CCCN(C(=O)OC(C)(C)C)[C@@H]1C(=O)O. The zero-order chi connectivity index (χ0) is 16.4. The van der Waals surface area contributed by atoms with Gasteiger partial charge in [-0.3, -0.25) is 4.90 Å². The van der Waals surface area contributed by atoms with Crippen LogP contribution in [0.5, 0.6) is 0 Å². The fourth-order valence-electron chi connectivity index (χ4n) is 2.94. The van der Waals surface area contributed by atoms with Gasteiger partial charge in [0.05, 0.1) is 0 Å². The highest BCUT2D eigenvalue weighted by molar-refractivity contribution is 5.80. The number of aliphatic carboxylic acids is 1. The van der Waals surface area contributed by atoms with E-state index in [2.05, 4.69) is 20.8 Å². The Morgan fingerprint density at radius 1 is 1.19 bits per heavy atom. The Balaban J connectivity index is 2.92. The average molecular weight is 299 g/mol. The maximum atomic E-state index is 12.3. The first-order valence-corrected chi connectivity index (χ1v) is 7.63. The standard InChI is InChI=1S/C16H29NO4/c1-15(2,3)10-11-8-7-9-17(12(11)13(18)19)14(20)21-16(4,5)6/h11-12H,7-10H2,1-6H3,(H,18,19)/t11-,12+/m1/s1. The molecule has 1 aliphatic rings. The zero-order valence-corrected chi connectivity index (χ0v) is 14.1. The number of carbonyl (C=O) groups is 2. The molecule has 0 spiro atoms. The van der Waals surface area contributed by atoms with Gasteiger partial charge >= 0.3 is 12.1 Å². The Kier molecular flexibility index (Phi) is 5.29. The second-order valence-electron chi connectivity index (χ2n) is 8.12. The van der Waals surface area contributed by atoms with Gasteiger partial charge in [-0.05, 0) is 51.4 Å². The van der Waals surface area contributed by atoms with Crippen LogP contribution in [0.1, 0.15) is 60.8 Å². The average Bonchev–Trinajstić information content (AvgIpc) is 2.23. The number of carbonyl (C=O) groups excluding carboxylic acids is 1. The first-order valence-electron chi connectivity index (χ1n) is 7.63. The molecule has 122 valence electrons. The van der Waals surface area contributed by atoms with E-state index in [0.29, 0.717) is 6.54 Å². The number of carboxylic acid groups (broad SMARTS) is 1. The molecule has 0 saturated carbocycles. The van der Waals surface area contributed by atoms with E-state index in [0.717, 1.165) is 19.3 Å². The first-order chi connectivity index (χ1) is 9.41. The highest BCUT2D eigenvalue weighted by atomic mass is 16.6. The van der Waals surface area contributed by atoms with Crippen molar-refractivity contribution in [2.75, 3.05) is 6.54 Å². The fraction of sp³-hybridized carbons (Fsp3) is 0.875. The van der Waals surface area contributed by atoms with Crippen molar-refractivity contribution in [1.29, 1.82) is 0 Å². The van der Waals surface area contributed by atoms with E-state index in [1.165, 1.54) is 4.90 Å². The molecule has 1 rings (SSSR count). The Bertz CT molecular complexity index is 392. The van der Waals surface area contributed by atoms with Crippen LogP contribution >= 0.6 is 0 Å². The van der Waals surface area contributed by atoms with Crippen LogP contribution in [0.2, 0.25) is 0 Å². The summed E-state index contributed by atoms with van der Waals surface area (Å²) >= 11 is 0. The number of amides is 1. The molecule has 0 radical (unpaired) electrons. The van der Waals surface area contributed by atoms with Crippen molar-refractivity contribution in [3.8, 4) is 0 Å². The molecule has 5 nitrogen and oxygen atoms in total. The monoisotopic (exact) mass is 299 g/mol. The quantitative estimate of drug-likeness (QED) is 0.847. The molecular formula is C16H29NO4. The van der Waals surface area contributed by atoms with Crippen LogP contribution < -0.4 is 0 Å². The van der Waals surface area contributed by atoms with Gasteiger partial charge in [-0.1, -0.05) is 20.8 Å². The van der Waals surface area contributed by atoms with Crippen LogP contribution in [-0.4, -0.2) is 40.3 Å². The number of piperidine rings is 1. The van der Waals surface area contributed by atoms with Crippen molar-refractivity contribution < 1.29 is 19.4 Å². The minimum atomic E-state index is -0.935. The van der Waals surface area contributed by atoms with E-state index in [-0.39, 0.29) is 11.3 Å². The Hall–Kier alpha value is -1.26. The molecule has 5 heteroatoms. The minimum Gasteiger partial charge on any atom is -0.480 e. The van der Waals surface area contributed by atoms with E-state index in [9.17, 15) is 14.7 Å². The molecule has 1 fully saturated rings. The molecule has 1 saturated heterocycles. The molecule has 1 amide bonds. The topological polar surface area (TPSA) is 66.8 Å². The van der Waals surface area contributed by atoms with Crippen LogP contribution in [0.3, 0.4) is 0 Å². The number of rotatable bonds is 2. The number of ether oxygens (including phenoxy) is 1. The molecule has 0 unspecified atom stereocenters. The number of likely N-dealkylation sites (tertiary alicyclic amines) is 1. The normalized spacial score (nSPS) is 23.8. The minimum absolute atomic E-state index is 0.0243. The van der Waals surface area contributed by atoms with Crippen molar-refractivity contribution in [3.05, 3.63) is 0 Å². The summed E-state index contributed by atoms with van der Waals surface area (Å²) in [5.41, 5.74) is -0.577. The van der Waals surface area contributed by atoms with Crippen molar-refractivity contribution in [1.82, 2.24) is 4.90 Å². The maximum Gasteiger partial charge on any atom is 0.411 e. The smallest absolute Gasteiger partial charge is 0.411 e. The molecule has 2 atom stereocenters. The lowest BCUT2D eigenvalue weighted by Crippen LogP contribution is -2.54. The summed E-state index contributed by atoms with van der Waals surface area (Å²) in [4.78, 5) is 25.4. The molecular weight excluding hydrogens is 270 g/mol. The lowest BCUT2D eigenvalue weighted by Gasteiger charge is -2.41. The molecule has 1 N–H and O–H groups in total. The molecule has 1 aliphatic heterocycles. The third-order valence-corrected chi connectivity index (χ3v) is 3.51. The van der Waals surface area contributed by atoms with E-state index < -0.39 is 23.7 Å². The van der Waals surface area contributed by atoms with Gasteiger partial charge in [0.15, 0.2) is 0 Å². The van der Waals surface area contributed by atoms with Gasteiger partial charge in [-0.2, -0.15) is 0 Å². The summed E-state index contributed by atoms with van der Waals surface area (Å²) in [7, 11) is 0. The van der Waals surface area contributed by atoms with Crippen LogP contribution in [0.25, 0.3) is 0 Å². The molecule has 1 heterocycles. The molecule has 0 aromatic rings. The summed E-state index contributed by atoms with van der Waals surface area (Å²) in [5.74, 6) is -0.960. The summed E-state index contributed by atoms with van der Waals surface area (Å²) in [6.07, 6.45) is 1.93. The van der Waals surface area contributed by atoms with Crippen molar-refractivity contribution in [3.63, 3.8) is 0 Å². The number of hydrogen-bond acceptors (Lipinski definition) is 3. The van der Waals surface area contributed by atoms with Crippen LogP contribution in [-0.2, 0) is 9.53 Å². The van der Waals surface area contributed by atoms with E-state index in [4.69, 9.17) is 4.74 Å². The van der Waals surface area contributed by atoms with Gasteiger partial charge in [0.1, 0.15) is 11.6 Å². The second-order valence-corrected chi connectivity index (χ2v) is 8.12. The molecule has 0 aromatic heterocycles. The lowest BCUT2D eigenvalue weighted by atomic mass is 9.77. The highest BCUT2D eigenvalue weighted by Crippen LogP contribution is 2.35. The maximum absolute atomic E-state index is 12.3. The zero-order valence-electron chi connectivity index (χ0n) is 14.1. The van der Waals surface area contributed by atoms with Crippen molar-refractivity contribution in [2.24, 2.45) is 11.3 Å². The second kappa shape index (κ2) is 6.24.